The van der Waals surface area contributed by atoms with Crippen molar-refractivity contribution >= 4 is 40.6 Å². The van der Waals surface area contributed by atoms with Crippen LogP contribution < -0.4 is 0 Å². The SMILES string of the molecule is Cc1ccc2c(c1)C1(Cl)C(=O)C(Cl)=CC(Cl)=C1C2. The van der Waals surface area contributed by atoms with Crippen LogP contribution in [-0.4, -0.2) is 5.78 Å². The first-order chi connectivity index (χ1) is 8.44. The molecule has 0 spiro atoms. The van der Waals surface area contributed by atoms with Gasteiger partial charge in [-0.25, -0.2) is 0 Å². The average Bonchev–Trinajstić information content (AvgIpc) is 2.62. The molecule has 92 valence electrons. The van der Waals surface area contributed by atoms with Crippen molar-refractivity contribution in [2.24, 2.45) is 0 Å². The Morgan fingerprint density at radius 3 is 2.72 bits per heavy atom. The molecule has 1 atom stereocenters. The molecule has 0 bridgehead atoms. The molecule has 0 radical (unpaired) electrons. The average molecular weight is 300 g/mol. The topological polar surface area (TPSA) is 17.1 Å². The van der Waals surface area contributed by atoms with Crippen molar-refractivity contribution in [3.05, 3.63) is 56.6 Å². The lowest BCUT2D eigenvalue weighted by molar-refractivity contribution is -0.116. The number of hydrogen-bond donors (Lipinski definition) is 0. The highest BCUT2D eigenvalue weighted by Gasteiger charge is 2.51. The van der Waals surface area contributed by atoms with Gasteiger partial charge in [-0.05, 0) is 36.1 Å². The van der Waals surface area contributed by atoms with Gasteiger partial charge in [-0.2, -0.15) is 0 Å². The second-order valence-corrected chi connectivity index (χ2v) is 6.03. The van der Waals surface area contributed by atoms with Crippen LogP contribution in [-0.2, 0) is 16.1 Å². The van der Waals surface area contributed by atoms with Gasteiger partial charge in [-0.15, -0.1) is 11.6 Å². The Morgan fingerprint density at radius 1 is 1.28 bits per heavy atom. The first-order valence-electron chi connectivity index (χ1n) is 5.54. The van der Waals surface area contributed by atoms with Crippen LogP contribution in [0.3, 0.4) is 0 Å². The molecule has 3 rings (SSSR count). The van der Waals surface area contributed by atoms with Crippen molar-refractivity contribution in [2.75, 3.05) is 0 Å². The van der Waals surface area contributed by atoms with Gasteiger partial charge >= 0.3 is 0 Å². The maximum atomic E-state index is 12.3. The highest BCUT2D eigenvalue weighted by Crippen LogP contribution is 2.53. The van der Waals surface area contributed by atoms with Gasteiger partial charge in [0.15, 0.2) is 4.87 Å². The van der Waals surface area contributed by atoms with E-state index in [9.17, 15) is 4.79 Å². The first-order valence-corrected chi connectivity index (χ1v) is 6.68. The van der Waals surface area contributed by atoms with E-state index in [1.54, 1.807) is 0 Å². The van der Waals surface area contributed by atoms with Gasteiger partial charge in [0.25, 0.3) is 0 Å². The van der Waals surface area contributed by atoms with E-state index in [1.165, 1.54) is 6.08 Å². The Morgan fingerprint density at radius 2 is 2.00 bits per heavy atom. The molecule has 0 saturated heterocycles. The molecule has 18 heavy (non-hydrogen) atoms. The Balaban J connectivity index is 2.32. The number of carbonyl (C=O) groups is 1. The van der Waals surface area contributed by atoms with E-state index in [2.05, 4.69) is 0 Å². The maximum Gasteiger partial charge on any atom is 0.203 e. The summed E-state index contributed by atoms with van der Waals surface area (Å²) in [5.41, 5.74) is 3.65. The fourth-order valence-electron chi connectivity index (χ4n) is 2.58. The number of fused-ring (bicyclic) bond motifs is 3. The number of allylic oxidation sites excluding steroid dienone is 4. The highest BCUT2D eigenvalue weighted by atomic mass is 35.5. The summed E-state index contributed by atoms with van der Waals surface area (Å²) in [5, 5.41) is 0.566. The molecule has 0 aromatic heterocycles. The summed E-state index contributed by atoms with van der Waals surface area (Å²) in [6.45, 7) is 1.97. The smallest absolute Gasteiger partial charge is 0.203 e. The molecule has 1 aromatic carbocycles. The minimum Gasteiger partial charge on any atom is -0.290 e. The van der Waals surface area contributed by atoms with Crippen molar-refractivity contribution in [3.63, 3.8) is 0 Å². The molecule has 0 aliphatic heterocycles. The summed E-state index contributed by atoms with van der Waals surface area (Å²) in [4.78, 5) is 11.1. The number of ketones is 1. The Hall–Kier alpha value is -0.760. The molecule has 0 heterocycles. The summed E-state index contributed by atoms with van der Waals surface area (Å²) in [6.07, 6.45) is 2.09. The second-order valence-electron chi connectivity index (χ2n) is 4.64. The summed E-state index contributed by atoms with van der Waals surface area (Å²) < 4.78 is 0. The lowest BCUT2D eigenvalue weighted by Gasteiger charge is -2.27. The summed E-state index contributed by atoms with van der Waals surface area (Å²) in [6, 6.07) is 5.93. The summed E-state index contributed by atoms with van der Waals surface area (Å²) >= 11 is 18.7. The normalized spacial score (nSPS) is 26.0. The lowest BCUT2D eigenvalue weighted by Crippen LogP contribution is -2.32. The van der Waals surface area contributed by atoms with Gasteiger partial charge in [-0.1, -0.05) is 47.0 Å². The van der Waals surface area contributed by atoms with Gasteiger partial charge in [0.05, 0.1) is 5.03 Å². The predicted molar refractivity (Wildman–Crippen MR) is 74.2 cm³/mol. The van der Waals surface area contributed by atoms with Crippen molar-refractivity contribution in [1.82, 2.24) is 0 Å². The first kappa shape index (κ1) is 12.3. The van der Waals surface area contributed by atoms with Crippen molar-refractivity contribution in [1.29, 1.82) is 0 Å². The number of rotatable bonds is 0. The zero-order valence-electron chi connectivity index (χ0n) is 9.56. The van der Waals surface area contributed by atoms with Crippen LogP contribution in [0.15, 0.2) is 39.9 Å². The third-order valence-electron chi connectivity index (χ3n) is 3.49. The number of benzene rings is 1. The third kappa shape index (κ3) is 1.45. The quantitative estimate of drug-likeness (QED) is 0.657. The zero-order chi connectivity index (χ0) is 13.1. The molecular formula is C14H9Cl3O. The second kappa shape index (κ2) is 3.86. The van der Waals surface area contributed by atoms with E-state index >= 15 is 0 Å². The molecule has 2 aliphatic carbocycles. The number of hydrogen-bond acceptors (Lipinski definition) is 1. The molecule has 1 aromatic rings. The molecule has 4 heteroatoms. The van der Waals surface area contributed by atoms with Gasteiger partial charge in [-0.3, -0.25) is 4.79 Å². The molecule has 2 aliphatic rings. The van der Waals surface area contributed by atoms with E-state index < -0.39 is 4.87 Å². The summed E-state index contributed by atoms with van der Waals surface area (Å²) in [7, 11) is 0. The fraction of sp³-hybridized carbons (Fsp3) is 0.214. The largest absolute Gasteiger partial charge is 0.290 e. The molecule has 1 unspecified atom stereocenters. The number of aryl methyl sites for hydroxylation is 1. The standard InChI is InChI=1S/C14H9Cl3O/c1-7-2-3-8-5-10-11(15)6-12(16)13(18)14(10,17)9(8)4-7/h2-4,6H,5H2,1H3. The predicted octanol–water partition coefficient (Wildman–Crippen LogP) is 4.18. The van der Waals surface area contributed by atoms with Gasteiger partial charge in [0.2, 0.25) is 5.78 Å². The van der Waals surface area contributed by atoms with Crippen LogP contribution >= 0.6 is 34.8 Å². The monoisotopic (exact) mass is 298 g/mol. The van der Waals surface area contributed by atoms with Crippen molar-refractivity contribution < 1.29 is 4.79 Å². The van der Waals surface area contributed by atoms with E-state index in [4.69, 9.17) is 34.8 Å². The van der Waals surface area contributed by atoms with Crippen LogP contribution in [0, 0.1) is 6.92 Å². The number of alkyl halides is 1. The fourth-order valence-corrected chi connectivity index (χ4v) is 3.74. The molecular weight excluding hydrogens is 291 g/mol. The van der Waals surface area contributed by atoms with E-state index in [0.717, 1.165) is 22.3 Å². The third-order valence-corrected chi connectivity index (χ3v) is 4.71. The minimum atomic E-state index is -1.20. The lowest BCUT2D eigenvalue weighted by atomic mass is 9.88. The van der Waals surface area contributed by atoms with Crippen LogP contribution in [0.5, 0.6) is 0 Å². The molecule has 0 fully saturated rings. The van der Waals surface area contributed by atoms with Gasteiger partial charge in [0.1, 0.15) is 0 Å². The summed E-state index contributed by atoms with van der Waals surface area (Å²) in [5.74, 6) is -0.283. The molecule has 1 nitrogen and oxygen atoms in total. The van der Waals surface area contributed by atoms with Crippen molar-refractivity contribution in [2.45, 2.75) is 18.2 Å². The van der Waals surface area contributed by atoms with Crippen LogP contribution in [0.2, 0.25) is 0 Å². The van der Waals surface area contributed by atoms with Gasteiger partial charge < -0.3 is 0 Å². The van der Waals surface area contributed by atoms with E-state index in [-0.39, 0.29) is 10.8 Å². The van der Waals surface area contributed by atoms with Crippen LogP contribution in [0.4, 0.5) is 0 Å². The minimum absolute atomic E-state index is 0.0908. The maximum absolute atomic E-state index is 12.3. The molecule has 0 amide bonds. The Kier molecular flexibility index (Phi) is 2.64. The van der Waals surface area contributed by atoms with Crippen molar-refractivity contribution in [3.8, 4) is 0 Å². The number of carbonyl (C=O) groups excluding carboxylic acids is 1. The number of Topliss-reactive ketones (excluding diaryl/α,β-unsaturated/α-hetero) is 1. The van der Waals surface area contributed by atoms with E-state index in [1.807, 2.05) is 25.1 Å². The Labute approximate surface area is 120 Å². The molecule has 0 N–H and O–H groups in total. The van der Waals surface area contributed by atoms with Gasteiger partial charge in [0, 0.05) is 5.03 Å². The highest BCUT2D eigenvalue weighted by molar-refractivity contribution is 6.53. The Bertz CT molecular complexity index is 642. The van der Waals surface area contributed by atoms with Crippen LogP contribution in [0.25, 0.3) is 0 Å². The molecule has 0 saturated carbocycles. The van der Waals surface area contributed by atoms with E-state index in [0.29, 0.717) is 11.5 Å². The number of halogens is 3. The van der Waals surface area contributed by atoms with Crippen LogP contribution in [0.1, 0.15) is 16.7 Å². The zero-order valence-corrected chi connectivity index (χ0v) is 11.8.